The Labute approximate surface area is 186 Å². The largest absolute Gasteiger partial charge is 0.454 e. The van der Waals surface area contributed by atoms with Crippen LogP contribution in [-0.2, 0) is 21.4 Å². The zero-order valence-corrected chi connectivity index (χ0v) is 18.7. The number of hydrogen-bond donors (Lipinski definition) is 0. The van der Waals surface area contributed by atoms with Gasteiger partial charge in [0, 0.05) is 44.8 Å². The lowest BCUT2D eigenvalue weighted by atomic mass is 10.1. The van der Waals surface area contributed by atoms with Crippen LogP contribution in [-0.4, -0.2) is 75.0 Å². The fraction of sp³-hybridized carbons (Fsp3) is 0.381. The van der Waals surface area contributed by atoms with Crippen LogP contribution in [0.2, 0.25) is 5.02 Å². The van der Waals surface area contributed by atoms with Crippen LogP contribution in [0.15, 0.2) is 47.4 Å². The Morgan fingerprint density at radius 2 is 1.71 bits per heavy atom. The summed E-state index contributed by atoms with van der Waals surface area (Å²) in [6, 6.07) is 11.8. The molecule has 10 heteroatoms. The number of nitrogens with zero attached hydrogens (tertiary/aromatic N) is 3. The maximum atomic E-state index is 12.7. The molecule has 0 aromatic heterocycles. The number of fused-ring (bicyclic) bond motifs is 1. The number of ether oxygens (including phenoxy) is 2. The van der Waals surface area contributed by atoms with Gasteiger partial charge >= 0.3 is 0 Å². The number of benzene rings is 2. The number of rotatable bonds is 6. The minimum Gasteiger partial charge on any atom is -0.454 e. The highest BCUT2D eigenvalue weighted by Gasteiger charge is 2.27. The van der Waals surface area contributed by atoms with Gasteiger partial charge in [0.1, 0.15) is 0 Å². The van der Waals surface area contributed by atoms with Crippen molar-refractivity contribution >= 4 is 27.5 Å². The molecule has 2 aromatic carbocycles. The zero-order valence-electron chi connectivity index (χ0n) is 17.2. The molecule has 0 spiro atoms. The van der Waals surface area contributed by atoms with Gasteiger partial charge in [0.2, 0.25) is 22.7 Å². The summed E-state index contributed by atoms with van der Waals surface area (Å²) in [6.45, 7) is 3.34. The van der Waals surface area contributed by atoms with E-state index in [9.17, 15) is 13.2 Å². The summed E-state index contributed by atoms with van der Waals surface area (Å²) in [4.78, 5) is 16.8. The number of halogens is 1. The van der Waals surface area contributed by atoms with Crippen molar-refractivity contribution in [1.82, 2.24) is 14.1 Å². The van der Waals surface area contributed by atoms with Gasteiger partial charge < -0.3 is 14.4 Å². The monoisotopic (exact) mass is 465 g/mol. The molecule has 8 nitrogen and oxygen atoms in total. The van der Waals surface area contributed by atoms with Gasteiger partial charge in [-0.05, 0) is 42.0 Å². The van der Waals surface area contributed by atoms with Crippen molar-refractivity contribution in [3.05, 3.63) is 53.1 Å². The average molecular weight is 466 g/mol. The van der Waals surface area contributed by atoms with E-state index in [0.29, 0.717) is 31.2 Å². The molecule has 0 atom stereocenters. The molecule has 2 heterocycles. The van der Waals surface area contributed by atoms with E-state index < -0.39 is 10.0 Å². The van der Waals surface area contributed by atoms with Crippen molar-refractivity contribution in [3.8, 4) is 11.5 Å². The third-order valence-electron chi connectivity index (χ3n) is 5.45. The molecular weight excluding hydrogens is 442 g/mol. The predicted octanol–water partition coefficient (Wildman–Crippen LogP) is 2.03. The van der Waals surface area contributed by atoms with Gasteiger partial charge in [-0.3, -0.25) is 9.69 Å². The summed E-state index contributed by atoms with van der Waals surface area (Å²) in [5.74, 6) is 1.32. The van der Waals surface area contributed by atoms with E-state index in [4.69, 9.17) is 21.1 Å². The van der Waals surface area contributed by atoms with Crippen molar-refractivity contribution in [1.29, 1.82) is 0 Å². The summed E-state index contributed by atoms with van der Waals surface area (Å²) in [6.07, 6.45) is 0. The first-order chi connectivity index (χ1) is 14.8. The molecule has 0 bridgehead atoms. The lowest BCUT2D eigenvalue weighted by Gasteiger charge is -2.35. The Balaban J connectivity index is 1.29. The van der Waals surface area contributed by atoms with Crippen molar-refractivity contribution in [2.75, 3.05) is 46.6 Å². The smallest absolute Gasteiger partial charge is 0.243 e. The first-order valence-electron chi connectivity index (χ1n) is 9.93. The number of carbonyl (C=O) groups is 1. The highest BCUT2D eigenvalue weighted by molar-refractivity contribution is 7.89. The Bertz CT molecular complexity index is 1050. The van der Waals surface area contributed by atoms with E-state index in [1.54, 1.807) is 4.90 Å². The zero-order chi connectivity index (χ0) is 22.0. The van der Waals surface area contributed by atoms with Crippen molar-refractivity contribution in [2.24, 2.45) is 0 Å². The Hall–Kier alpha value is -2.33. The molecule has 1 fully saturated rings. The van der Waals surface area contributed by atoms with Crippen LogP contribution in [0.3, 0.4) is 0 Å². The topological polar surface area (TPSA) is 79.4 Å². The molecule has 2 aliphatic rings. The van der Waals surface area contributed by atoms with E-state index in [-0.39, 0.29) is 24.1 Å². The van der Waals surface area contributed by atoms with Crippen molar-refractivity contribution in [3.63, 3.8) is 0 Å². The summed E-state index contributed by atoms with van der Waals surface area (Å²) < 4.78 is 37.2. The Kier molecular flexibility index (Phi) is 6.38. The number of amides is 1. The molecule has 2 aromatic rings. The second kappa shape index (κ2) is 9.04. The van der Waals surface area contributed by atoms with Gasteiger partial charge in [-0.1, -0.05) is 17.7 Å². The van der Waals surface area contributed by atoms with Crippen LogP contribution in [0.1, 0.15) is 5.56 Å². The summed E-state index contributed by atoms with van der Waals surface area (Å²) in [5.41, 5.74) is 1.12. The molecule has 1 saturated heterocycles. The van der Waals surface area contributed by atoms with Gasteiger partial charge in [0.05, 0.1) is 11.4 Å². The van der Waals surface area contributed by atoms with Crippen molar-refractivity contribution < 1.29 is 22.7 Å². The van der Waals surface area contributed by atoms with Crippen LogP contribution in [0, 0.1) is 0 Å². The Morgan fingerprint density at radius 1 is 1.03 bits per heavy atom. The fourth-order valence-corrected chi connectivity index (χ4v) is 4.86. The Morgan fingerprint density at radius 3 is 2.42 bits per heavy atom. The highest BCUT2D eigenvalue weighted by atomic mass is 35.5. The van der Waals surface area contributed by atoms with E-state index >= 15 is 0 Å². The molecule has 0 unspecified atom stereocenters. The van der Waals surface area contributed by atoms with Gasteiger partial charge in [-0.15, -0.1) is 0 Å². The van der Waals surface area contributed by atoms with Gasteiger partial charge in [0.15, 0.2) is 11.5 Å². The van der Waals surface area contributed by atoms with Crippen LogP contribution in [0.4, 0.5) is 0 Å². The summed E-state index contributed by atoms with van der Waals surface area (Å²) >= 11 is 5.83. The van der Waals surface area contributed by atoms with E-state index in [1.165, 1.54) is 31.3 Å². The highest BCUT2D eigenvalue weighted by Crippen LogP contribution is 2.32. The lowest BCUT2D eigenvalue weighted by Crippen LogP contribution is -2.51. The SMILES string of the molecule is CN(CC(=O)N1CCN(Cc2ccc3c(c2)OCO3)CC1)S(=O)(=O)c1ccc(Cl)cc1. The van der Waals surface area contributed by atoms with Gasteiger partial charge in [-0.2, -0.15) is 4.31 Å². The van der Waals surface area contributed by atoms with E-state index in [2.05, 4.69) is 4.90 Å². The maximum absolute atomic E-state index is 12.7. The quantitative estimate of drug-likeness (QED) is 0.649. The number of carbonyl (C=O) groups excluding carboxylic acids is 1. The molecule has 0 saturated carbocycles. The van der Waals surface area contributed by atoms with E-state index in [0.717, 1.165) is 27.9 Å². The maximum Gasteiger partial charge on any atom is 0.243 e. The first kappa shape index (κ1) is 21.9. The molecular formula is C21H24ClN3O5S. The van der Waals surface area contributed by atoms with Crippen LogP contribution >= 0.6 is 11.6 Å². The fourth-order valence-electron chi connectivity index (χ4n) is 3.61. The number of sulfonamides is 1. The molecule has 31 heavy (non-hydrogen) atoms. The average Bonchev–Trinajstić information content (AvgIpc) is 3.22. The predicted molar refractivity (Wildman–Crippen MR) is 116 cm³/mol. The molecule has 2 aliphatic heterocycles. The molecule has 4 rings (SSSR count). The number of likely N-dealkylation sites (N-methyl/N-ethyl adjacent to an activating group) is 1. The second-order valence-corrected chi connectivity index (χ2v) is 10.0. The molecule has 0 radical (unpaired) electrons. The molecule has 166 valence electrons. The van der Waals surface area contributed by atoms with Crippen LogP contribution in [0.5, 0.6) is 11.5 Å². The minimum absolute atomic E-state index is 0.112. The molecule has 0 N–H and O–H groups in total. The summed E-state index contributed by atoms with van der Waals surface area (Å²) in [5, 5.41) is 0.455. The lowest BCUT2D eigenvalue weighted by molar-refractivity contribution is -0.133. The third kappa shape index (κ3) is 4.95. The normalized spacial score (nSPS) is 16.7. The van der Waals surface area contributed by atoms with Gasteiger partial charge in [0.25, 0.3) is 0 Å². The first-order valence-corrected chi connectivity index (χ1v) is 11.8. The van der Waals surface area contributed by atoms with Crippen LogP contribution < -0.4 is 9.47 Å². The third-order valence-corrected chi connectivity index (χ3v) is 7.52. The minimum atomic E-state index is -3.75. The van der Waals surface area contributed by atoms with Crippen LogP contribution in [0.25, 0.3) is 0 Å². The number of piperazine rings is 1. The number of hydrogen-bond acceptors (Lipinski definition) is 6. The molecule has 0 aliphatic carbocycles. The standard InChI is InChI=1S/C21H24ClN3O5S/c1-23(31(27,28)18-5-3-17(22)4-6-18)14-21(26)25-10-8-24(9-11-25)13-16-2-7-19-20(12-16)30-15-29-19/h2-7,12H,8-11,13-15H2,1H3. The van der Waals surface area contributed by atoms with Crippen molar-refractivity contribution in [2.45, 2.75) is 11.4 Å². The second-order valence-electron chi connectivity index (χ2n) is 7.56. The molecule has 1 amide bonds. The summed E-state index contributed by atoms with van der Waals surface area (Å²) in [7, 11) is -2.34. The van der Waals surface area contributed by atoms with E-state index in [1.807, 2.05) is 18.2 Å². The van der Waals surface area contributed by atoms with Gasteiger partial charge in [-0.25, -0.2) is 8.42 Å².